The van der Waals surface area contributed by atoms with Gasteiger partial charge in [-0.1, -0.05) is 23.4 Å². The summed E-state index contributed by atoms with van der Waals surface area (Å²) in [6.45, 7) is 0.812. The molecule has 0 fully saturated rings. The smallest absolute Gasteiger partial charge is 0.268 e. The third-order valence-electron chi connectivity index (χ3n) is 2.62. The average Bonchev–Trinajstić information content (AvgIpc) is 3.00. The molecule has 0 aliphatic carbocycles. The van der Waals surface area contributed by atoms with Crippen molar-refractivity contribution in [3.8, 4) is 11.8 Å². The fourth-order valence-corrected chi connectivity index (χ4v) is 2.71. The highest BCUT2D eigenvalue weighted by molar-refractivity contribution is 7.10. The molecule has 3 N–H and O–H groups in total. The Morgan fingerprint density at radius 3 is 3.00 bits per heavy atom. The largest absolute Gasteiger partial charge is 0.346 e. The highest BCUT2D eigenvalue weighted by atomic mass is 35.5. The molecule has 104 valence electrons. The van der Waals surface area contributed by atoms with E-state index in [1.807, 2.05) is 11.4 Å². The maximum absolute atomic E-state index is 12.0. The first-order valence-corrected chi connectivity index (χ1v) is 7.22. The van der Waals surface area contributed by atoms with Gasteiger partial charge in [0.05, 0.1) is 18.1 Å². The van der Waals surface area contributed by atoms with Crippen molar-refractivity contribution in [2.75, 3.05) is 6.54 Å². The van der Waals surface area contributed by atoms with E-state index in [-0.39, 0.29) is 5.91 Å². The SMILES string of the molecule is Cn1cc(Cl)cc1C(=O)NCc1cc(C#CCN)cs1. The van der Waals surface area contributed by atoms with Crippen LogP contribution in [0.25, 0.3) is 0 Å². The molecule has 20 heavy (non-hydrogen) atoms. The molecular formula is C14H14ClN3OS. The second-order valence-corrected chi connectivity index (χ2v) is 5.58. The summed E-state index contributed by atoms with van der Waals surface area (Å²) in [7, 11) is 1.78. The summed E-state index contributed by atoms with van der Waals surface area (Å²) in [5, 5.41) is 5.36. The van der Waals surface area contributed by atoms with Crippen LogP contribution in [0.2, 0.25) is 5.02 Å². The summed E-state index contributed by atoms with van der Waals surface area (Å²) < 4.78 is 1.70. The zero-order chi connectivity index (χ0) is 14.5. The van der Waals surface area contributed by atoms with Crippen molar-refractivity contribution >= 4 is 28.8 Å². The molecule has 2 heterocycles. The molecule has 0 aromatic carbocycles. The number of nitrogens with one attached hydrogen (secondary N) is 1. The molecular weight excluding hydrogens is 294 g/mol. The van der Waals surface area contributed by atoms with Gasteiger partial charge in [0.1, 0.15) is 5.69 Å². The topological polar surface area (TPSA) is 60.0 Å². The minimum atomic E-state index is -0.151. The Balaban J connectivity index is 1.96. The van der Waals surface area contributed by atoms with Crippen molar-refractivity contribution in [3.63, 3.8) is 0 Å². The van der Waals surface area contributed by atoms with Gasteiger partial charge >= 0.3 is 0 Å². The van der Waals surface area contributed by atoms with Gasteiger partial charge < -0.3 is 15.6 Å². The number of carbonyl (C=O) groups excluding carboxylic acids is 1. The maximum Gasteiger partial charge on any atom is 0.268 e. The normalized spacial score (nSPS) is 9.95. The van der Waals surface area contributed by atoms with Crippen molar-refractivity contribution in [1.29, 1.82) is 0 Å². The lowest BCUT2D eigenvalue weighted by Gasteiger charge is -2.04. The van der Waals surface area contributed by atoms with E-state index in [4.69, 9.17) is 17.3 Å². The fraction of sp³-hybridized carbons (Fsp3) is 0.214. The molecule has 0 aliphatic heterocycles. The van der Waals surface area contributed by atoms with Crippen LogP contribution in [0.5, 0.6) is 0 Å². The lowest BCUT2D eigenvalue weighted by molar-refractivity contribution is 0.0943. The summed E-state index contributed by atoms with van der Waals surface area (Å²) in [6, 6.07) is 3.59. The first kappa shape index (κ1) is 14.7. The number of nitrogens with two attached hydrogens (primary N) is 1. The van der Waals surface area contributed by atoms with Crippen LogP contribution in [-0.2, 0) is 13.6 Å². The summed E-state index contributed by atoms with van der Waals surface area (Å²) in [4.78, 5) is 13.0. The zero-order valence-electron chi connectivity index (χ0n) is 10.9. The first-order valence-electron chi connectivity index (χ1n) is 5.96. The highest BCUT2D eigenvalue weighted by Crippen LogP contribution is 2.15. The Morgan fingerprint density at radius 2 is 2.35 bits per heavy atom. The van der Waals surface area contributed by atoms with Gasteiger partial charge in [-0.25, -0.2) is 0 Å². The third-order valence-corrected chi connectivity index (χ3v) is 3.76. The van der Waals surface area contributed by atoms with Gasteiger partial charge in [0.2, 0.25) is 0 Å². The van der Waals surface area contributed by atoms with Crippen LogP contribution < -0.4 is 11.1 Å². The third kappa shape index (κ3) is 3.64. The van der Waals surface area contributed by atoms with E-state index < -0.39 is 0 Å². The molecule has 0 bridgehead atoms. The van der Waals surface area contributed by atoms with E-state index in [1.165, 1.54) is 0 Å². The lowest BCUT2D eigenvalue weighted by atomic mass is 10.3. The van der Waals surface area contributed by atoms with Gasteiger partial charge in [-0.05, 0) is 12.1 Å². The number of amides is 1. The number of aromatic nitrogens is 1. The maximum atomic E-state index is 12.0. The number of nitrogens with zero attached hydrogens (tertiary/aromatic N) is 1. The van der Waals surface area contributed by atoms with Gasteiger partial charge in [-0.2, -0.15) is 0 Å². The summed E-state index contributed by atoms with van der Waals surface area (Å²) >= 11 is 7.41. The molecule has 2 aromatic heterocycles. The van der Waals surface area contributed by atoms with E-state index in [0.717, 1.165) is 10.4 Å². The van der Waals surface area contributed by atoms with E-state index in [1.54, 1.807) is 35.2 Å². The molecule has 0 saturated carbocycles. The molecule has 0 unspecified atom stereocenters. The minimum absolute atomic E-state index is 0.151. The number of rotatable bonds is 3. The second-order valence-electron chi connectivity index (χ2n) is 4.14. The number of carbonyl (C=O) groups is 1. The molecule has 4 nitrogen and oxygen atoms in total. The number of hydrogen-bond donors (Lipinski definition) is 2. The lowest BCUT2D eigenvalue weighted by Crippen LogP contribution is -2.24. The van der Waals surface area contributed by atoms with Crippen LogP contribution in [0.3, 0.4) is 0 Å². The Labute approximate surface area is 126 Å². The van der Waals surface area contributed by atoms with Crippen LogP contribution in [0, 0.1) is 11.8 Å². The van der Waals surface area contributed by atoms with Crippen molar-refractivity contribution in [1.82, 2.24) is 9.88 Å². The predicted octanol–water partition coefficient (Wildman–Crippen LogP) is 1.98. The van der Waals surface area contributed by atoms with Gasteiger partial charge in [0.25, 0.3) is 5.91 Å². The predicted molar refractivity (Wildman–Crippen MR) is 81.8 cm³/mol. The highest BCUT2D eigenvalue weighted by Gasteiger charge is 2.11. The van der Waals surface area contributed by atoms with Gasteiger partial charge in [-0.3, -0.25) is 4.79 Å². The van der Waals surface area contributed by atoms with Crippen molar-refractivity contribution in [3.05, 3.63) is 44.9 Å². The van der Waals surface area contributed by atoms with Gasteiger partial charge in [0, 0.05) is 29.1 Å². The van der Waals surface area contributed by atoms with Crippen LogP contribution in [-0.4, -0.2) is 17.0 Å². The molecule has 2 rings (SSSR count). The van der Waals surface area contributed by atoms with Gasteiger partial charge in [-0.15, -0.1) is 11.3 Å². The van der Waals surface area contributed by atoms with Gasteiger partial charge in [0.15, 0.2) is 0 Å². The monoisotopic (exact) mass is 307 g/mol. The van der Waals surface area contributed by atoms with Crippen LogP contribution in [0.4, 0.5) is 0 Å². The van der Waals surface area contributed by atoms with E-state index in [0.29, 0.717) is 23.8 Å². The van der Waals surface area contributed by atoms with Crippen molar-refractivity contribution < 1.29 is 4.79 Å². The van der Waals surface area contributed by atoms with E-state index in [9.17, 15) is 4.79 Å². The Morgan fingerprint density at radius 1 is 1.55 bits per heavy atom. The quantitative estimate of drug-likeness (QED) is 0.852. The molecule has 0 aliphatic rings. The van der Waals surface area contributed by atoms with Crippen molar-refractivity contribution in [2.45, 2.75) is 6.54 Å². The number of aryl methyl sites for hydroxylation is 1. The first-order chi connectivity index (χ1) is 9.60. The number of thiophene rings is 1. The fourth-order valence-electron chi connectivity index (χ4n) is 1.70. The molecule has 1 amide bonds. The van der Waals surface area contributed by atoms with Crippen LogP contribution in [0.15, 0.2) is 23.7 Å². The summed E-state index contributed by atoms with van der Waals surface area (Å²) in [5.41, 5.74) is 6.78. The Kier molecular flexibility index (Phi) is 4.85. The molecule has 2 aromatic rings. The Bertz CT molecular complexity index is 678. The molecule has 0 spiro atoms. The molecule has 0 radical (unpaired) electrons. The number of hydrogen-bond acceptors (Lipinski definition) is 3. The number of halogens is 1. The Hall–Kier alpha value is -1.74. The summed E-state index contributed by atoms with van der Waals surface area (Å²) in [5.74, 6) is 5.60. The van der Waals surface area contributed by atoms with Crippen LogP contribution >= 0.6 is 22.9 Å². The van der Waals surface area contributed by atoms with E-state index >= 15 is 0 Å². The molecule has 6 heteroatoms. The minimum Gasteiger partial charge on any atom is -0.346 e. The second kappa shape index (κ2) is 6.62. The average molecular weight is 308 g/mol. The van der Waals surface area contributed by atoms with E-state index in [2.05, 4.69) is 17.2 Å². The zero-order valence-corrected chi connectivity index (χ0v) is 12.5. The van der Waals surface area contributed by atoms with Crippen molar-refractivity contribution in [2.24, 2.45) is 12.8 Å². The molecule has 0 saturated heterocycles. The molecule has 0 atom stereocenters. The van der Waals surface area contributed by atoms with Crippen LogP contribution in [0.1, 0.15) is 20.9 Å². The standard InChI is InChI=1S/C14H14ClN3OS/c1-18-8-11(15)6-13(18)14(19)17-7-12-5-10(9-20-12)3-2-4-16/h5-6,8-9H,4,7,16H2,1H3,(H,17,19). The summed E-state index contributed by atoms with van der Waals surface area (Å²) in [6.07, 6.45) is 1.70.